The second kappa shape index (κ2) is 11.5. The van der Waals surface area contributed by atoms with E-state index in [9.17, 15) is 0 Å². The lowest BCUT2D eigenvalue weighted by atomic mass is 10.1. The smallest absolute Gasteiger partial charge is 0.228 e. The maximum Gasteiger partial charge on any atom is 0.228 e. The summed E-state index contributed by atoms with van der Waals surface area (Å²) >= 11 is 3.56. The molecular formula is C28H28BrN9O. The molecule has 4 heterocycles. The number of piperazine rings is 1. The Balaban J connectivity index is 1.28. The molecule has 0 radical (unpaired) electrons. The van der Waals surface area contributed by atoms with Crippen LogP contribution in [0.15, 0.2) is 65.5 Å². The number of halogens is 1. The minimum Gasteiger partial charge on any atom is -0.405 e. The molecule has 0 bridgehead atoms. The molecule has 0 spiro atoms. The van der Waals surface area contributed by atoms with Crippen LogP contribution < -0.4 is 20.4 Å². The van der Waals surface area contributed by atoms with Crippen molar-refractivity contribution < 1.29 is 4.84 Å². The molecular weight excluding hydrogens is 558 g/mol. The number of nitriles is 1. The van der Waals surface area contributed by atoms with Crippen molar-refractivity contribution in [1.29, 1.82) is 5.26 Å². The van der Waals surface area contributed by atoms with Gasteiger partial charge in [-0.25, -0.2) is 9.97 Å². The van der Waals surface area contributed by atoms with Crippen molar-refractivity contribution in [2.45, 2.75) is 31.5 Å². The lowest BCUT2D eigenvalue weighted by Crippen LogP contribution is -2.56. The molecule has 0 aliphatic carbocycles. The molecule has 2 aliphatic rings. The van der Waals surface area contributed by atoms with Crippen molar-refractivity contribution in [3.05, 3.63) is 76.9 Å². The van der Waals surface area contributed by atoms with Crippen LogP contribution in [0.1, 0.15) is 36.7 Å². The van der Waals surface area contributed by atoms with Crippen molar-refractivity contribution in [3.8, 4) is 11.8 Å². The molecule has 2 N–H and O–H groups in total. The summed E-state index contributed by atoms with van der Waals surface area (Å²) in [6.07, 6.45) is 6.73. The summed E-state index contributed by atoms with van der Waals surface area (Å²) in [5.74, 6) is 2.12. The van der Waals surface area contributed by atoms with Crippen LogP contribution in [0.2, 0.25) is 0 Å². The first-order chi connectivity index (χ1) is 19.1. The van der Waals surface area contributed by atoms with E-state index in [1.807, 2.05) is 41.5 Å². The maximum absolute atomic E-state index is 9.16. The molecule has 10 nitrogen and oxygen atoms in total. The quantitative estimate of drug-likeness (QED) is 0.337. The Morgan fingerprint density at radius 1 is 1.00 bits per heavy atom. The normalized spacial score (nSPS) is 19.9. The molecule has 2 aromatic heterocycles. The first-order valence-corrected chi connectivity index (χ1v) is 13.9. The second-order valence-corrected chi connectivity index (χ2v) is 10.6. The highest BCUT2D eigenvalue weighted by molar-refractivity contribution is 9.10. The Bertz CT molecular complexity index is 1490. The van der Waals surface area contributed by atoms with Gasteiger partial charge in [0.2, 0.25) is 5.95 Å². The number of hydrogen-bond acceptors (Lipinski definition) is 10. The molecule has 11 heteroatoms. The lowest BCUT2D eigenvalue weighted by molar-refractivity contribution is -0.0873. The van der Waals surface area contributed by atoms with Gasteiger partial charge in [-0.05, 0) is 61.7 Å². The van der Waals surface area contributed by atoms with Crippen molar-refractivity contribution in [2.75, 3.05) is 36.4 Å². The van der Waals surface area contributed by atoms with Crippen molar-refractivity contribution in [2.24, 2.45) is 0 Å². The highest BCUT2D eigenvalue weighted by atomic mass is 79.9. The summed E-state index contributed by atoms with van der Waals surface area (Å²) in [7, 11) is 0. The summed E-state index contributed by atoms with van der Waals surface area (Å²) < 4.78 is 0.960. The van der Waals surface area contributed by atoms with E-state index in [0.29, 0.717) is 24.5 Å². The molecule has 198 valence electrons. The fourth-order valence-electron chi connectivity index (χ4n) is 5.02. The molecule has 39 heavy (non-hydrogen) atoms. The van der Waals surface area contributed by atoms with Gasteiger partial charge in [-0.2, -0.15) is 10.2 Å². The van der Waals surface area contributed by atoms with Crippen molar-refractivity contribution >= 4 is 38.5 Å². The molecule has 2 aromatic carbocycles. The van der Waals surface area contributed by atoms with Gasteiger partial charge in [0, 0.05) is 40.9 Å². The van der Waals surface area contributed by atoms with Gasteiger partial charge in [-0.1, -0.05) is 15.9 Å². The highest BCUT2D eigenvalue weighted by Crippen LogP contribution is 2.29. The van der Waals surface area contributed by atoms with Gasteiger partial charge >= 0.3 is 0 Å². The molecule has 4 aromatic rings. The third-order valence-electron chi connectivity index (χ3n) is 6.95. The lowest BCUT2D eigenvalue weighted by Gasteiger charge is -2.38. The largest absolute Gasteiger partial charge is 0.405 e. The average Bonchev–Trinajstić information content (AvgIpc) is 2.98. The summed E-state index contributed by atoms with van der Waals surface area (Å²) in [6.45, 7) is 3.01. The number of nitrogens with one attached hydrogen (secondary N) is 2. The SMILES string of the molecule is N#Cc1ccc(NC2CN(Oc3ccnc4ccc(Br)cc34)CC(c3ncnc(N4CCCCC4)n3)N2)cc1. The number of piperidine rings is 1. The van der Waals surface area contributed by atoms with Gasteiger partial charge in [0.15, 0.2) is 11.6 Å². The van der Waals surface area contributed by atoms with Crippen LogP contribution in [0.3, 0.4) is 0 Å². The first-order valence-electron chi connectivity index (χ1n) is 13.1. The van der Waals surface area contributed by atoms with Crippen LogP contribution in [-0.2, 0) is 0 Å². The summed E-state index contributed by atoms with van der Waals surface area (Å²) in [6, 6.07) is 17.2. The molecule has 2 fully saturated rings. The van der Waals surface area contributed by atoms with Crippen molar-refractivity contribution in [1.82, 2.24) is 30.3 Å². The number of aromatic nitrogens is 4. The third kappa shape index (κ3) is 5.93. The van der Waals surface area contributed by atoms with E-state index in [1.54, 1.807) is 24.7 Å². The molecule has 2 saturated heterocycles. The summed E-state index contributed by atoms with van der Waals surface area (Å²) in [4.78, 5) is 27.1. The number of hydroxylamine groups is 2. The second-order valence-electron chi connectivity index (χ2n) is 9.71. The number of pyridine rings is 1. The third-order valence-corrected chi connectivity index (χ3v) is 7.44. The minimum absolute atomic E-state index is 0.174. The van der Waals surface area contributed by atoms with Gasteiger partial charge in [0.1, 0.15) is 6.33 Å². The zero-order valence-corrected chi connectivity index (χ0v) is 22.9. The van der Waals surface area contributed by atoms with Crippen LogP contribution in [0.4, 0.5) is 11.6 Å². The van der Waals surface area contributed by atoms with Gasteiger partial charge in [0.05, 0.1) is 42.4 Å². The number of anilines is 2. The van der Waals surface area contributed by atoms with Gasteiger partial charge in [-0.3, -0.25) is 10.3 Å². The summed E-state index contributed by atoms with van der Waals surface area (Å²) in [5.41, 5.74) is 2.37. The number of fused-ring (bicyclic) bond motifs is 1. The van der Waals surface area contributed by atoms with Crippen LogP contribution in [0.25, 0.3) is 10.9 Å². The van der Waals surface area contributed by atoms with E-state index in [2.05, 4.69) is 52.5 Å². The van der Waals surface area contributed by atoms with E-state index in [0.717, 1.165) is 58.7 Å². The zero-order valence-electron chi connectivity index (χ0n) is 21.3. The van der Waals surface area contributed by atoms with E-state index >= 15 is 0 Å². The van der Waals surface area contributed by atoms with E-state index in [4.69, 9.17) is 15.1 Å². The molecule has 2 unspecified atom stereocenters. The predicted octanol–water partition coefficient (Wildman–Crippen LogP) is 4.42. The standard InChI is InChI=1S/C28H28BrN9O/c29-20-6-9-23-22(14-20)25(10-11-31-23)39-38-16-24(27-32-18-33-28(36-27)37-12-2-1-3-13-37)35-26(17-38)34-21-7-4-19(15-30)5-8-21/h4-11,14,18,24,26,34-35H,1-3,12-13,16-17H2. The Morgan fingerprint density at radius 2 is 1.85 bits per heavy atom. The van der Waals surface area contributed by atoms with E-state index in [1.165, 1.54) is 6.42 Å². The van der Waals surface area contributed by atoms with E-state index in [-0.39, 0.29) is 12.2 Å². The number of benzene rings is 2. The Hall–Kier alpha value is -3.85. The molecule has 0 saturated carbocycles. The predicted molar refractivity (Wildman–Crippen MR) is 152 cm³/mol. The summed E-state index contributed by atoms with van der Waals surface area (Å²) in [5, 5.41) is 19.2. The molecule has 6 rings (SSSR count). The molecule has 0 amide bonds. The fraction of sp³-hybridized carbons (Fsp3) is 0.321. The highest BCUT2D eigenvalue weighted by Gasteiger charge is 2.31. The van der Waals surface area contributed by atoms with Crippen LogP contribution >= 0.6 is 15.9 Å². The first kappa shape index (κ1) is 25.4. The van der Waals surface area contributed by atoms with Crippen LogP contribution in [-0.4, -0.2) is 57.3 Å². The van der Waals surface area contributed by atoms with Gasteiger partial charge < -0.3 is 15.1 Å². The molecule has 2 atom stereocenters. The van der Waals surface area contributed by atoms with E-state index < -0.39 is 0 Å². The number of nitrogens with zero attached hydrogens (tertiary/aromatic N) is 7. The van der Waals surface area contributed by atoms with Crippen molar-refractivity contribution in [3.63, 3.8) is 0 Å². The fourth-order valence-corrected chi connectivity index (χ4v) is 5.38. The van der Waals surface area contributed by atoms with Gasteiger partial charge in [0.25, 0.3) is 0 Å². The van der Waals surface area contributed by atoms with Crippen LogP contribution in [0, 0.1) is 11.3 Å². The number of hydrogen-bond donors (Lipinski definition) is 2. The topological polar surface area (TPSA) is 115 Å². The van der Waals surface area contributed by atoms with Crippen LogP contribution in [0.5, 0.6) is 5.75 Å². The Kier molecular flexibility index (Phi) is 7.49. The molecule has 2 aliphatic heterocycles. The monoisotopic (exact) mass is 585 g/mol. The number of rotatable bonds is 6. The zero-order chi connectivity index (χ0) is 26.6. The maximum atomic E-state index is 9.16. The minimum atomic E-state index is -0.207. The Morgan fingerprint density at radius 3 is 2.67 bits per heavy atom. The average molecular weight is 586 g/mol. The Labute approximate surface area is 235 Å². The van der Waals surface area contributed by atoms with Gasteiger partial charge in [-0.15, -0.1) is 5.06 Å².